The van der Waals surface area contributed by atoms with E-state index in [1.54, 1.807) is 11.5 Å². The monoisotopic (exact) mass is 313 g/mol. The zero-order valence-corrected chi connectivity index (χ0v) is 11.9. The summed E-state index contributed by atoms with van der Waals surface area (Å²) in [6.45, 7) is 1.30. The van der Waals surface area contributed by atoms with Crippen LogP contribution in [0.1, 0.15) is 12.1 Å². The highest BCUT2D eigenvalue weighted by Crippen LogP contribution is 2.32. The number of H-pyrrole nitrogens is 1. The van der Waals surface area contributed by atoms with E-state index in [1.165, 1.54) is 0 Å². The Morgan fingerprint density at radius 2 is 2.10 bits per heavy atom. The molecular formula is C11H15N5O4S. The Kier molecular flexibility index (Phi) is 3.42. The van der Waals surface area contributed by atoms with Gasteiger partial charge < -0.3 is 30.8 Å². The van der Waals surface area contributed by atoms with E-state index in [2.05, 4.69) is 15.0 Å². The molecule has 0 bridgehead atoms. The second-order valence-corrected chi connectivity index (χ2v) is 5.27. The zero-order chi connectivity index (χ0) is 15.3. The van der Waals surface area contributed by atoms with Gasteiger partial charge in [0.1, 0.15) is 35.3 Å². The molecule has 0 unspecified atom stereocenters. The molecule has 9 nitrogen and oxygen atoms in total. The van der Waals surface area contributed by atoms with E-state index < -0.39 is 31.1 Å². The number of aliphatic hydroxyl groups is 3. The van der Waals surface area contributed by atoms with Gasteiger partial charge in [-0.2, -0.15) is 0 Å². The lowest BCUT2D eigenvalue weighted by Crippen LogP contribution is -2.33. The lowest BCUT2D eigenvalue weighted by Gasteiger charge is -2.18. The molecule has 0 radical (unpaired) electrons. The van der Waals surface area contributed by atoms with E-state index in [0.29, 0.717) is 17.0 Å². The highest BCUT2D eigenvalue weighted by atomic mass is 32.1. The molecule has 1 aliphatic heterocycles. The summed E-state index contributed by atoms with van der Waals surface area (Å²) in [5.74, 6) is 0.620. The molecule has 1 saturated heterocycles. The number of aromatic amines is 1. The van der Waals surface area contributed by atoms with Gasteiger partial charge in [0, 0.05) is 0 Å². The lowest BCUT2D eigenvalue weighted by atomic mass is 10.1. The summed E-state index contributed by atoms with van der Waals surface area (Å²) in [7, 11) is 0. The van der Waals surface area contributed by atoms with Crippen LogP contribution in [0.25, 0.3) is 11.2 Å². The number of nitrogens with zero attached hydrogens (tertiary/aromatic N) is 3. The van der Waals surface area contributed by atoms with Crippen molar-refractivity contribution in [3.8, 4) is 0 Å². The van der Waals surface area contributed by atoms with Gasteiger partial charge in [-0.15, -0.1) is 0 Å². The second kappa shape index (κ2) is 5.00. The van der Waals surface area contributed by atoms with Gasteiger partial charge in [-0.1, -0.05) is 12.2 Å². The zero-order valence-electron chi connectivity index (χ0n) is 11.1. The van der Waals surface area contributed by atoms with Gasteiger partial charge in [-0.05, 0) is 6.92 Å². The maximum absolute atomic E-state index is 10.1. The highest BCUT2D eigenvalue weighted by Gasteiger charge is 2.44. The summed E-state index contributed by atoms with van der Waals surface area (Å²) in [6.07, 6.45) is -4.19. The molecule has 1 aliphatic rings. The Bertz CT molecular complexity index is 744. The van der Waals surface area contributed by atoms with E-state index >= 15 is 0 Å². The minimum atomic E-state index is -1.21. The number of nitrogen functional groups attached to an aromatic ring is 1. The predicted molar refractivity (Wildman–Crippen MR) is 74.9 cm³/mol. The quantitative estimate of drug-likeness (QED) is 0.444. The Morgan fingerprint density at radius 3 is 2.71 bits per heavy atom. The van der Waals surface area contributed by atoms with Crippen LogP contribution in [0.15, 0.2) is 0 Å². The van der Waals surface area contributed by atoms with Crippen molar-refractivity contribution in [1.82, 2.24) is 19.5 Å². The first-order valence-corrected chi connectivity index (χ1v) is 6.71. The molecule has 2 aromatic heterocycles. The maximum atomic E-state index is 10.1. The number of nitrogens with two attached hydrogens (primary N) is 1. The molecule has 4 atom stereocenters. The van der Waals surface area contributed by atoms with Gasteiger partial charge in [0.25, 0.3) is 0 Å². The molecule has 10 heteroatoms. The molecular weight excluding hydrogens is 298 g/mol. The third kappa shape index (κ3) is 2.12. The standard InChI is InChI=1S/C11H15N5O4S/c1-3-13-5-8(14-11(12)15-9(5)21)16(3)10-7(19)6(18)4(2-17)20-10/h4,6-7,10,17-19H,2H2,1H3,(H3,12,14,15,21)/t4-,6-,7-,10-/m1/s1. The average molecular weight is 313 g/mol. The van der Waals surface area contributed by atoms with E-state index in [9.17, 15) is 10.2 Å². The second-order valence-electron chi connectivity index (χ2n) is 4.88. The van der Waals surface area contributed by atoms with Crippen LogP contribution in [0.5, 0.6) is 0 Å². The number of ether oxygens (including phenoxy) is 1. The van der Waals surface area contributed by atoms with Crippen LogP contribution in [-0.2, 0) is 4.74 Å². The van der Waals surface area contributed by atoms with Gasteiger partial charge in [-0.25, -0.2) is 9.97 Å². The number of nitrogens with one attached hydrogen (secondary N) is 1. The molecule has 0 saturated carbocycles. The number of rotatable bonds is 2. The van der Waals surface area contributed by atoms with Gasteiger partial charge >= 0.3 is 0 Å². The van der Waals surface area contributed by atoms with Crippen molar-refractivity contribution < 1.29 is 20.1 Å². The van der Waals surface area contributed by atoms with Crippen LogP contribution in [-0.4, -0.2) is 59.8 Å². The first-order valence-electron chi connectivity index (χ1n) is 6.30. The van der Waals surface area contributed by atoms with E-state index in [0.717, 1.165) is 0 Å². The number of hydrogen-bond donors (Lipinski definition) is 5. The Hall–Kier alpha value is -1.59. The summed E-state index contributed by atoms with van der Waals surface area (Å²) >= 11 is 5.11. The number of imidazole rings is 1. The van der Waals surface area contributed by atoms with E-state index in [1.807, 2.05) is 0 Å². The van der Waals surface area contributed by atoms with Crippen molar-refractivity contribution in [3.05, 3.63) is 10.5 Å². The first kappa shape index (κ1) is 14.4. The molecule has 21 heavy (non-hydrogen) atoms. The Labute approximate surface area is 124 Å². The van der Waals surface area contributed by atoms with E-state index in [4.69, 9.17) is 27.8 Å². The highest BCUT2D eigenvalue weighted by molar-refractivity contribution is 7.71. The molecule has 0 amide bonds. The summed E-state index contributed by atoms with van der Waals surface area (Å²) in [5.41, 5.74) is 6.52. The topological polar surface area (TPSA) is 142 Å². The molecule has 2 aromatic rings. The predicted octanol–water partition coefficient (Wildman–Crippen LogP) is -1.01. The van der Waals surface area contributed by atoms with Crippen LogP contribution < -0.4 is 5.73 Å². The minimum Gasteiger partial charge on any atom is -0.394 e. The third-order valence-electron chi connectivity index (χ3n) is 3.53. The van der Waals surface area contributed by atoms with Gasteiger partial charge in [0.2, 0.25) is 0 Å². The minimum absolute atomic E-state index is 0.111. The molecule has 0 aliphatic carbocycles. The summed E-state index contributed by atoms with van der Waals surface area (Å²) in [4.78, 5) is 11.0. The molecule has 6 N–H and O–H groups in total. The van der Waals surface area contributed by atoms with Crippen LogP contribution in [0.4, 0.5) is 5.95 Å². The van der Waals surface area contributed by atoms with Gasteiger partial charge in [0.15, 0.2) is 16.8 Å². The van der Waals surface area contributed by atoms with Crippen LogP contribution in [0.3, 0.4) is 0 Å². The number of anilines is 1. The summed E-state index contributed by atoms with van der Waals surface area (Å²) in [5, 5.41) is 29.2. The van der Waals surface area contributed by atoms with Crippen LogP contribution >= 0.6 is 12.2 Å². The van der Waals surface area contributed by atoms with Crippen molar-refractivity contribution >= 4 is 29.3 Å². The fourth-order valence-electron chi connectivity index (χ4n) is 2.53. The Balaban J connectivity index is 2.17. The SMILES string of the molecule is Cc1nc2c(=S)nc(N)[nH]c2n1[C@@H]1O[C@H](CO)[C@@H](O)[C@H]1O. The largest absolute Gasteiger partial charge is 0.394 e. The number of aryl methyl sites for hydroxylation is 1. The maximum Gasteiger partial charge on any atom is 0.200 e. The van der Waals surface area contributed by atoms with Crippen molar-refractivity contribution in [1.29, 1.82) is 0 Å². The molecule has 3 rings (SSSR count). The molecule has 0 spiro atoms. The Morgan fingerprint density at radius 1 is 1.38 bits per heavy atom. The number of aromatic nitrogens is 4. The molecule has 1 fully saturated rings. The normalized spacial score (nSPS) is 29.3. The van der Waals surface area contributed by atoms with Crippen molar-refractivity contribution in [2.45, 2.75) is 31.5 Å². The van der Waals surface area contributed by atoms with Crippen LogP contribution in [0.2, 0.25) is 0 Å². The molecule has 3 heterocycles. The molecule has 0 aromatic carbocycles. The van der Waals surface area contributed by atoms with E-state index in [-0.39, 0.29) is 10.6 Å². The van der Waals surface area contributed by atoms with Crippen molar-refractivity contribution in [2.24, 2.45) is 0 Å². The summed E-state index contributed by atoms with van der Waals surface area (Å²) < 4.78 is 7.29. The molecule has 114 valence electrons. The number of aliphatic hydroxyl groups excluding tert-OH is 3. The summed E-state index contributed by atoms with van der Waals surface area (Å²) in [6, 6.07) is 0. The third-order valence-corrected chi connectivity index (χ3v) is 3.81. The average Bonchev–Trinajstić information content (AvgIpc) is 2.89. The smallest absolute Gasteiger partial charge is 0.200 e. The first-order chi connectivity index (χ1) is 9.93. The lowest BCUT2D eigenvalue weighted by molar-refractivity contribution is -0.0519. The number of fused-ring (bicyclic) bond motifs is 1. The fraction of sp³-hybridized carbons (Fsp3) is 0.545. The number of hydrogen-bond acceptors (Lipinski definition) is 8. The van der Waals surface area contributed by atoms with Gasteiger partial charge in [0.05, 0.1) is 6.61 Å². The van der Waals surface area contributed by atoms with Crippen LogP contribution in [0, 0.1) is 11.6 Å². The fourth-order valence-corrected chi connectivity index (χ4v) is 2.77. The van der Waals surface area contributed by atoms with Crippen molar-refractivity contribution in [3.63, 3.8) is 0 Å². The van der Waals surface area contributed by atoms with Crippen molar-refractivity contribution in [2.75, 3.05) is 12.3 Å². The van der Waals surface area contributed by atoms with Gasteiger partial charge in [-0.3, -0.25) is 4.57 Å².